The summed E-state index contributed by atoms with van der Waals surface area (Å²) in [6.45, 7) is 8.95. The Labute approximate surface area is 107 Å². The van der Waals surface area contributed by atoms with Gasteiger partial charge in [-0.2, -0.15) is 13.2 Å². The normalized spacial score (nSPS) is 22.4. The van der Waals surface area contributed by atoms with Gasteiger partial charge in [0.25, 0.3) is 0 Å². The molecular weight excluding hydrogens is 243 g/mol. The van der Waals surface area contributed by atoms with Gasteiger partial charge in [0.1, 0.15) is 5.41 Å². The van der Waals surface area contributed by atoms with Crippen LogP contribution in [0, 0.1) is 16.7 Å². The van der Waals surface area contributed by atoms with Gasteiger partial charge in [-0.25, -0.2) is 0 Å². The molecule has 1 fully saturated rings. The molecule has 5 heteroatoms. The summed E-state index contributed by atoms with van der Waals surface area (Å²) >= 11 is 0. The van der Waals surface area contributed by atoms with Gasteiger partial charge in [0.15, 0.2) is 0 Å². The van der Waals surface area contributed by atoms with Gasteiger partial charge < -0.3 is 4.90 Å². The number of carbonyl (C=O) groups is 1. The van der Waals surface area contributed by atoms with Crippen LogP contribution in [0.4, 0.5) is 13.2 Å². The third-order valence-corrected chi connectivity index (χ3v) is 3.94. The molecule has 1 atom stereocenters. The minimum Gasteiger partial charge on any atom is -0.342 e. The fourth-order valence-electron chi connectivity index (χ4n) is 2.17. The Kier molecular flexibility index (Phi) is 3.76. The van der Waals surface area contributed by atoms with E-state index in [0.29, 0.717) is 13.1 Å². The molecule has 0 aliphatic carbocycles. The van der Waals surface area contributed by atoms with Crippen molar-refractivity contribution in [1.29, 1.82) is 0 Å². The summed E-state index contributed by atoms with van der Waals surface area (Å²) in [5, 5.41) is 0. The number of rotatable bonds is 1. The summed E-state index contributed by atoms with van der Waals surface area (Å²) in [5.74, 6) is -0.535. The lowest BCUT2D eigenvalue weighted by Crippen LogP contribution is -2.48. The van der Waals surface area contributed by atoms with E-state index >= 15 is 0 Å². The molecular formula is C13H22F3NO. The van der Waals surface area contributed by atoms with Crippen LogP contribution in [0.15, 0.2) is 0 Å². The highest BCUT2D eigenvalue weighted by Gasteiger charge is 2.55. The van der Waals surface area contributed by atoms with E-state index in [2.05, 4.69) is 20.8 Å². The molecule has 0 aromatic carbocycles. The van der Waals surface area contributed by atoms with Crippen LogP contribution in [-0.4, -0.2) is 30.1 Å². The zero-order valence-electron chi connectivity index (χ0n) is 11.7. The molecule has 0 unspecified atom stereocenters. The van der Waals surface area contributed by atoms with Crippen molar-refractivity contribution in [2.45, 2.75) is 47.2 Å². The van der Waals surface area contributed by atoms with Crippen LogP contribution in [0.2, 0.25) is 0 Å². The first kappa shape index (κ1) is 15.3. The van der Waals surface area contributed by atoms with E-state index in [9.17, 15) is 18.0 Å². The summed E-state index contributed by atoms with van der Waals surface area (Å²) in [7, 11) is 0. The van der Waals surface area contributed by atoms with Gasteiger partial charge in [-0.1, -0.05) is 20.8 Å². The van der Waals surface area contributed by atoms with Crippen LogP contribution in [-0.2, 0) is 4.79 Å². The van der Waals surface area contributed by atoms with E-state index in [-0.39, 0.29) is 11.3 Å². The summed E-state index contributed by atoms with van der Waals surface area (Å²) in [5.41, 5.74) is -2.27. The van der Waals surface area contributed by atoms with Crippen LogP contribution in [0.25, 0.3) is 0 Å². The first-order chi connectivity index (χ1) is 7.87. The molecule has 0 saturated carbocycles. The van der Waals surface area contributed by atoms with Crippen molar-refractivity contribution in [1.82, 2.24) is 4.90 Å². The molecule has 0 aromatic heterocycles. The molecule has 0 radical (unpaired) electrons. The Hall–Kier alpha value is -0.740. The van der Waals surface area contributed by atoms with E-state index in [1.807, 2.05) is 0 Å². The first-order valence-electron chi connectivity index (χ1n) is 6.23. The quantitative estimate of drug-likeness (QED) is 0.711. The van der Waals surface area contributed by atoms with Gasteiger partial charge in [-0.15, -0.1) is 0 Å². The third-order valence-electron chi connectivity index (χ3n) is 3.94. The predicted octanol–water partition coefficient (Wildman–Crippen LogP) is 3.47. The van der Waals surface area contributed by atoms with Crippen molar-refractivity contribution in [2.24, 2.45) is 16.7 Å². The molecule has 18 heavy (non-hydrogen) atoms. The summed E-state index contributed by atoms with van der Waals surface area (Å²) in [6, 6.07) is 0. The molecule has 0 spiro atoms. The highest BCUT2D eigenvalue weighted by Crippen LogP contribution is 2.41. The number of carbonyl (C=O) groups excluding carboxylic acids is 1. The van der Waals surface area contributed by atoms with Gasteiger partial charge in [-0.05, 0) is 31.6 Å². The molecule has 106 valence electrons. The Morgan fingerprint density at radius 2 is 1.61 bits per heavy atom. The minimum atomic E-state index is -4.50. The highest BCUT2D eigenvalue weighted by molar-refractivity contribution is 5.83. The second-order valence-corrected chi connectivity index (χ2v) is 6.73. The molecule has 0 bridgehead atoms. The summed E-state index contributed by atoms with van der Waals surface area (Å²) in [6.07, 6.45) is -3.72. The van der Waals surface area contributed by atoms with Gasteiger partial charge >= 0.3 is 6.18 Å². The van der Waals surface area contributed by atoms with Crippen molar-refractivity contribution in [3.05, 3.63) is 0 Å². The van der Waals surface area contributed by atoms with Crippen molar-refractivity contribution in [2.75, 3.05) is 13.1 Å². The Balaban J connectivity index is 2.78. The van der Waals surface area contributed by atoms with Crippen LogP contribution >= 0.6 is 0 Å². The molecule has 0 N–H and O–H groups in total. The number of nitrogens with zero attached hydrogens (tertiary/aromatic N) is 1. The van der Waals surface area contributed by atoms with Gasteiger partial charge in [-0.3, -0.25) is 4.79 Å². The maximum absolute atomic E-state index is 12.8. The minimum absolute atomic E-state index is 0.0252. The fourth-order valence-corrected chi connectivity index (χ4v) is 2.17. The smallest absolute Gasteiger partial charge is 0.342 e. The highest BCUT2D eigenvalue weighted by atomic mass is 19.4. The number of halogens is 3. The number of amides is 1. The van der Waals surface area contributed by atoms with Crippen LogP contribution in [0.5, 0.6) is 0 Å². The number of hydrogen-bond acceptors (Lipinski definition) is 1. The van der Waals surface area contributed by atoms with Crippen molar-refractivity contribution in [3.8, 4) is 0 Å². The molecule has 1 heterocycles. The largest absolute Gasteiger partial charge is 0.402 e. The lowest BCUT2D eigenvalue weighted by molar-refractivity contribution is -0.216. The topological polar surface area (TPSA) is 20.3 Å². The zero-order chi connectivity index (χ0) is 14.4. The summed E-state index contributed by atoms with van der Waals surface area (Å²) < 4.78 is 38.5. The lowest BCUT2D eigenvalue weighted by atomic mass is 9.80. The Morgan fingerprint density at radius 3 is 1.94 bits per heavy atom. The molecule has 2 nitrogen and oxygen atoms in total. The average Bonchev–Trinajstić information content (AvgIpc) is 2.62. The van der Waals surface area contributed by atoms with E-state index in [1.165, 1.54) is 4.90 Å². The zero-order valence-corrected chi connectivity index (χ0v) is 11.7. The summed E-state index contributed by atoms with van der Waals surface area (Å²) in [4.78, 5) is 13.4. The van der Waals surface area contributed by atoms with Crippen LogP contribution in [0.3, 0.4) is 0 Å². The molecule has 1 aliphatic heterocycles. The predicted molar refractivity (Wildman–Crippen MR) is 64.0 cm³/mol. The fraction of sp³-hybridized carbons (Fsp3) is 0.923. The number of hydrogen-bond donors (Lipinski definition) is 0. The van der Waals surface area contributed by atoms with Crippen LogP contribution in [0.1, 0.15) is 41.0 Å². The maximum atomic E-state index is 12.8. The molecule has 1 rings (SSSR count). The van der Waals surface area contributed by atoms with Crippen molar-refractivity contribution >= 4 is 5.91 Å². The maximum Gasteiger partial charge on any atom is 0.402 e. The number of alkyl halides is 3. The first-order valence-corrected chi connectivity index (χ1v) is 6.23. The third kappa shape index (κ3) is 2.81. The Bertz CT molecular complexity index is 328. The molecule has 1 saturated heterocycles. The standard InChI is InChI=1S/C13H22F3NO/c1-11(2,3)9-6-7-17(8-9)10(18)12(4,5)13(14,15)16/h9H,6-8H2,1-5H3/t9-/m0/s1. The van der Waals surface area contributed by atoms with Gasteiger partial charge in [0.05, 0.1) is 0 Å². The second-order valence-electron chi connectivity index (χ2n) is 6.73. The van der Waals surface area contributed by atoms with Gasteiger partial charge in [0.2, 0.25) is 5.91 Å². The average molecular weight is 265 g/mol. The number of likely N-dealkylation sites (tertiary alicyclic amines) is 1. The monoisotopic (exact) mass is 265 g/mol. The SMILES string of the molecule is CC(C)(C)[C@H]1CCN(C(=O)C(C)(C)C(F)(F)F)C1. The van der Waals surface area contributed by atoms with Crippen molar-refractivity contribution in [3.63, 3.8) is 0 Å². The lowest BCUT2D eigenvalue weighted by Gasteiger charge is -2.32. The van der Waals surface area contributed by atoms with Crippen molar-refractivity contribution < 1.29 is 18.0 Å². The van der Waals surface area contributed by atoms with E-state index in [4.69, 9.17) is 0 Å². The van der Waals surface area contributed by atoms with E-state index in [1.54, 1.807) is 0 Å². The van der Waals surface area contributed by atoms with Crippen LogP contribution < -0.4 is 0 Å². The van der Waals surface area contributed by atoms with E-state index in [0.717, 1.165) is 20.3 Å². The Morgan fingerprint density at radius 1 is 1.11 bits per heavy atom. The molecule has 0 aromatic rings. The van der Waals surface area contributed by atoms with E-state index < -0.39 is 17.5 Å². The molecule has 1 aliphatic rings. The van der Waals surface area contributed by atoms with Gasteiger partial charge in [0, 0.05) is 13.1 Å². The molecule has 1 amide bonds. The second kappa shape index (κ2) is 4.42.